The number of carbonyl (C=O) groups excluding carboxylic acids is 1. The first-order valence-electron chi connectivity index (χ1n) is 4.20. The van der Waals surface area contributed by atoms with Gasteiger partial charge in [-0.2, -0.15) is 0 Å². The summed E-state index contributed by atoms with van der Waals surface area (Å²) in [7, 11) is 0. The number of fused-ring (bicyclic) bond motifs is 1. The molecule has 0 aromatic carbocycles. The Hall–Kier alpha value is -0.151. The van der Waals surface area contributed by atoms with Crippen molar-refractivity contribution in [3.63, 3.8) is 0 Å². The molecule has 2 aromatic rings. The van der Waals surface area contributed by atoms with Gasteiger partial charge in [0.05, 0.1) is 0 Å². The van der Waals surface area contributed by atoms with Crippen LogP contribution in [0.1, 0.15) is 20.8 Å². The average molecular weight is 289 g/mol. The molecular weight excluding hydrogens is 279 g/mol. The number of thiophene rings is 2. The van der Waals surface area contributed by atoms with Crippen LogP contribution in [-0.4, -0.2) is 21.2 Å². The quantitative estimate of drug-likeness (QED) is 0.614. The topological polar surface area (TPSA) is 17.1 Å². The molecule has 4 heteroatoms. The van der Waals surface area contributed by atoms with E-state index < -0.39 is 0 Å². The monoisotopic (exact) mass is 290 g/mol. The standard InChI is InChI=1S/C10H10OS2Se/c1-5-7(4-11)12-9-6(2)10(14-3)13-8(5)9/h4H,1-3H3. The molecule has 2 rings (SSSR count). The molecule has 2 heterocycles. The van der Waals surface area contributed by atoms with Crippen molar-refractivity contribution in [3.8, 4) is 0 Å². The van der Waals surface area contributed by atoms with Crippen molar-refractivity contribution >= 4 is 57.1 Å². The zero-order valence-corrected chi connectivity index (χ0v) is 11.6. The molecule has 0 aliphatic rings. The van der Waals surface area contributed by atoms with Crippen LogP contribution in [0, 0.1) is 13.8 Å². The fourth-order valence-electron chi connectivity index (χ4n) is 1.45. The van der Waals surface area contributed by atoms with Crippen molar-refractivity contribution in [1.29, 1.82) is 0 Å². The zero-order chi connectivity index (χ0) is 10.3. The van der Waals surface area contributed by atoms with Gasteiger partial charge in [-0.3, -0.25) is 0 Å². The van der Waals surface area contributed by atoms with E-state index in [1.165, 1.54) is 24.3 Å². The van der Waals surface area contributed by atoms with Crippen LogP contribution in [0.4, 0.5) is 0 Å². The SMILES string of the molecule is C[Se]c1sc2c(C)c(C=O)sc2c1C. The van der Waals surface area contributed by atoms with Gasteiger partial charge < -0.3 is 0 Å². The predicted molar refractivity (Wildman–Crippen MR) is 65.8 cm³/mol. The van der Waals surface area contributed by atoms with Crippen LogP contribution in [0.3, 0.4) is 0 Å². The molecule has 0 unspecified atom stereocenters. The van der Waals surface area contributed by atoms with E-state index in [-0.39, 0.29) is 0 Å². The number of hydrogen-bond acceptors (Lipinski definition) is 3. The maximum atomic E-state index is 10.8. The Balaban J connectivity index is 2.78. The molecule has 0 saturated heterocycles. The van der Waals surface area contributed by atoms with Gasteiger partial charge in [0.2, 0.25) is 0 Å². The van der Waals surface area contributed by atoms with Crippen LogP contribution in [0.5, 0.6) is 0 Å². The number of aryl methyl sites for hydroxylation is 2. The van der Waals surface area contributed by atoms with Crippen LogP contribution >= 0.6 is 22.7 Å². The van der Waals surface area contributed by atoms with Crippen molar-refractivity contribution in [2.45, 2.75) is 19.7 Å². The van der Waals surface area contributed by atoms with E-state index in [2.05, 4.69) is 12.7 Å². The summed E-state index contributed by atoms with van der Waals surface area (Å²) in [6.07, 6.45) is 0.975. The molecular formula is C10H10OS2Se. The van der Waals surface area contributed by atoms with Gasteiger partial charge in [0.25, 0.3) is 0 Å². The van der Waals surface area contributed by atoms with Gasteiger partial charge in [-0.1, -0.05) is 0 Å². The third kappa shape index (κ3) is 1.38. The number of hydrogen-bond donors (Lipinski definition) is 0. The molecule has 0 N–H and O–H groups in total. The van der Waals surface area contributed by atoms with Crippen LogP contribution in [0.15, 0.2) is 0 Å². The number of carbonyl (C=O) groups is 1. The van der Waals surface area contributed by atoms with Gasteiger partial charge >= 0.3 is 97.6 Å². The van der Waals surface area contributed by atoms with E-state index >= 15 is 0 Å². The Morgan fingerprint density at radius 2 is 1.79 bits per heavy atom. The summed E-state index contributed by atoms with van der Waals surface area (Å²) < 4.78 is 4.17. The van der Waals surface area contributed by atoms with E-state index in [1.807, 2.05) is 18.3 Å². The molecule has 14 heavy (non-hydrogen) atoms. The molecule has 0 fully saturated rings. The Morgan fingerprint density at radius 3 is 2.29 bits per heavy atom. The van der Waals surface area contributed by atoms with Gasteiger partial charge in [-0.15, -0.1) is 0 Å². The van der Waals surface area contributed by atoms with Gasteiger partial charge in [-0.05, 0) is 0 Å². The first-order valence-corrected chi connectivity index (χ1v) is 8.41. The molecule has 0 aliphatic carbocycles. The third-order valence-electron chi connectivity index (χ3n) is 2.26. The first-order chi connectivity index (χ1) is 6.69. The van der Waals surface area contributed by atoms with E-state index in [9.17, 15) is 4.79 Å². The number of rotatable bonds is 2. The fraction of sp³-hybridized carbons (Fsp3) is 0.300. The minimum absolute atomic E-state index is 0.571. The summed E-state index contributed by atoms with van der Waals surface area (Å²) in [5.74, 6) is 2.24. The fourth-order valence-corrected chi connectivity index (χ4v) is 5.94. The Morgan fingerprint density at radius 1 is 1.14 bits per heavy atom. The molecule has 0 radical (unpaired) electrons. The van der Waals surface area contributed by atoms with E-state index in [1.54, 1.807) is 11.3 Å². The van der Waals surface area contributed by atoms with E-state index in [0.717, 1.165) is 11.2 Å². The Kier molecular flexibility index (Phi) is 2.80. The summed E-state index contributed by atoms with van der Waals surface area (Å²) in [5, 5.41) is 0. The van der Waals surface area contributed by atoms with Gasteiger partial charge in [0.15, 0.2) is 0 Å². The van der Waals surface area contributed by atoms with E-state index in [0.29, 0.717) is 15.0 Å². The zero-order valence-electron chi connectivity index (χ0n) is 8.21. The summed E-state index contributed by atoms with van der Waals surface area (Å²) in [6.45, 7) is 4.22. The molecule has 0 aliphatic heterocycles. The maximum absolute atomic E-state index is 10.8. The van der Waals surface area contributed by atoms with Gasteiger partial charge in [0, 0.05) is 0 Å². The third-order valence-corrected chi connectivity index (χ3v) is 7.75. The van der Waals surface area contributed by atoms with Crippen molar-refractivity contribution in [1.82, 2.24) is 0 Å². The van der Waals surface area contributed by atoms with Crippen LogP contribution in [0.2, 0.25) is 5.82 Å². The second-order valence-electron chi connectivity index (χ2n) is 3.09. The predicted octanol–water partition coefficient (Wildman–Crippen LogP) is 2.77. The Labute approximate surface area is 97.3 Å². The second kappa shape index (κ2) is 3.78. The van der Waals surface area contributed by atoms with Crippen molar-refractivity contribution in [2.24, 2.45) is 0 Å². The Bertz CT molecular complexity index is 496. The molecule has 74 valence electrons. The normalized spacial score (nSPS) is 11.1. The molecule has 2 aromatic heterocycles. The van der Waals surface area contributed by atoms with Crippen LogP contribution in [-0.2, 0) is 0 Å². The number of aldehydes is 1. The van der Waals surface area contributed by atoms with E-state index in [4.69, 9.17) is 0 Å². The van der Waals surface area contributed by atoms with Gasteiger partial charge in [0.1, 0.15) is 0 Å². The summed E-state index contributed by atoms with van der Waals surface area (Å²) in [6, 6.07) is 0. The summed E-state index contributed by atoms with van der Waals surface area (Å²) >= 11 is 4.08. The second-order valence-corrected chi connectivity index (χ2v) is 7.46. The average Bonchev–Trinajstić information content (AvgIpc) is 2.66. The summed E-state index contributed by atoms with van der Waals surface area (Å²) in [5.41, 5.74) is 2.57. The minimum atomic E-state index is 0.571. The first kappa shape index (κ1) is 10.4. The van der Waals surface area contributed by atoms with Crippen LogP contribution < -0.4 is 3.78 Å². The van der Waals surface area contributed by atoms with Crippen molar-refractivity contribution in [2.75, 3.05) is 0 Å². The molecule has 0 spiro atoms. The van der Waals surface area contributed by atoms with Gasteiger partial charge in [-0.25, -0.2) is 0 Å². The molecule has 0 saturated carbocycles. The molecule has 0 bridgehead atoms. The molecule has 0 amide bonds. The summed E-state index contributed by atoms with van der Waals surface area (Å²) in [4.78, 5) is 11.7. The molecule has 1 nitrogen and oxygen atoms in total. The van der Waals surface area contributed by atoms with Crippen LogP contribution in [0.25, 0.3) is 9.40 Å². The van der Waals surface area contributed by atoms with Crippen molar-refractivity contribution in [3.05, 3.63) is 16.0 Å². The molecule has 0 atom stereocenters. The van der Waals surface area contributed by atoms with Crippen molar-refractivity contribution < 1.29 is 4.79 Å².